The first kappa shape index (κ1) is 14.4. The van der Waals surface area contributed by atoms with Crippen LogP contribution in [-0.4, -0.2) is 11.0 Å². The number of nitrogens with one attached hydrogen (secondary N) is 1. The Hall–Kier alpha value is -0.650. The van der Waals surface area contributed by atoms with E-state index in [0.717, 1.165) is 18.0 Å². The second-order valence-electron chi connectivity index (χ2n) is 4.32. The molecule has 0 saturated heterocycles. The van der Waals surface area contributed by atoms with Crippen LogP contribution in [0.25, 0.3) is 0 Å². The van der Waals surface area contributed by atoms with Crippen LogP contribution in [0.4, 0.5) is 5.00 Å². The van der Waals surface area contributed by atoms with Crippen molar-refractivity contribution < 1.29 is 4.92 Å². The van der Waals surface area contributed by atoms with E-state index in [1.807, 2.05) is 5.38 Å². The topological polar surface area (TPSA) is 55.2 Å². The normalized spacial score (nSPS) is 21.9. The van der Waals surface area contributed by atoms with Gasteiger partial charge in [-0.25, -0.2) is 0 Å². The van der Waals surface area contributed by atoms with Crippen molar-refractivity contribution in [1.29, 1.82) is 0 Å². The molecule has 4 nitrogen and oxygen atoms in total. The zero-order valence-corrected chi connectivity index (χ0v) is 11.4. The van der Waals surface area contributed by atoms with Gasteiger partial charge in [0.1, 0.15) is 0 Å². The summed E-state index contributed by atoms with van der Waals surface area (Å²) in [6.45, 7) is 2.97. The van der Waals surface area contributed by atoms with Gasteiger partial charge < -0.3 is 5.32 Å². The molecule has 0 radical (unpaired) electrons. The van der Waals surface area contributed by atoms with Gasteiger partial charge in [0.2, 0.25) is 0 Å². The highest BCUT2D eigenvalue weighted by atomic mass is 35.5. The molecule has 17 heavy (non-hydrogen) atoms. The van der Waals surface area contributed by atoms with Gasteiger partial charge in [0.25, 0.3) is 0 Å². The Morgan fingerprint density at radius 3 is 3.00 bits per heavy atom. The van der Waals surface area contributed by atoms with Gasteiger partial charge in [-0.05, 0) is 24.3 Å². The van der Waals surface area contributed by atoms with Gasteiger partial charge in [0, 0.05) is 24.0 Å². The Morgan fingerprint density at radius 2 is 2.41 bits per heavy atom. The maximum Gasteiger partial charge on any atom is 0.324 e. The fourth-order valence-electron chi connectivity index (χ4n) is 1.99. The van der Waals surface area contributed by atoms with Crippen LogP contribution in [0.1, 0.15) is 31.7 Å². The Balaban J connectivity index is 0.00000144. The Labute approximate surface area is 111 Å². The summed E-state index contributed by atoms with van der Waals surface area (Å²) in [5.41, 5.74) is 1.03. The van der Waals surface area contributed by atoms with Crippen molar-refractivity contribution in [3.63, 3.8) is 0 Å². The molecule has 0 spiro atoms. The van der Waals surface area contributed by atoms with Crippen molar-refractivity contribution in [3.8, 4) is 0 Å². The molecule has 1 saturated carbocycles. The van der Waals surface area contributed by atoms with Gasteiger partial charge in [0.15, 0.2) is 0 Å². The molecule has 1 aromatic rings. The zero-order valence-electron chi connectivity index (χ0n) is 9.72. The number of rotatable bonds is 6. The summed E-state index contributed by atoms with van der Waals surface area (Å²) in [5, 5.41) is 16.0. The predicted octanol–water partition coefficient (Wildman–Crippen LogP) is 3.36. The number of nitrogens with zero attached hydrogens (tertiary/aromatic N) is 1. The molecule has 0 aliphatic heterocycles. The average molecular weight is 277 g/mol. The molecule has 1 aliphatic rings. The maximum absolute atomic E-state index is 10.5. The van der Waals surface area contributed by atoms with Crippen LogP contribution in [0.5, 0.6) is 0 Å². The van der Waals surface area contributed by atoms with Gasteiger partial charge >= 0.3 is 5.00 Å². The third-order valence-corrected chi connectivity index (χ3v) is 3.90. The lowest BCUT2D eigenvalue weighted by Crippen LogP contribution is -2.17. The molecule has 0 aromatic carbocycles. The van der Waals surface area contributed by atoms with E-state index in [0.29, 0.717) is 6.04 Å². The third kappa shape index (κ3) is 3.94. The summed E-state index contributed by atoms with van der Waals surface area (Å²) in [4.78, 5) is 10.2. The highest BCUT2D eigenvalue weighted by Crippen LogP contribution is 2.35. The van der Waals surface area contributed by atoms with Gasteiger partial charge in [0.05, 0.1) is 4.92 Å². The lowest BCUT2D eigenvalue weighted by molar-refractivity contribution is -0.380. The largest absolute Gasteiger partial charge is 0.324 e. The van der Waals surface area contributed by atoms with Crippen molar-refractivity contribution in [2.45, 2.75) is 38.8 Å². The summed E-state index contributed by atoms with van der Waals surface area (Å²) in [5.74, 6) is 0.832. The minimum absolute atomic E-state index is 0. The summed E-state index contributed by atoms with van der Waals surface area (Å²) < 4.78 is 0. The highest BCUT2D eigenvalue weighted by molar-refractivity contribution is 7.13. The molecule has 0 amide bonds. The number of nitro groups is 1. The van der Waals surface area contributed by atoms with Crippen molar-refractivity contribution >= 4 is 28.7 Å². The summed E-state index contributed by atoms with van der Waals surface area (Å²) >= 11 is 1.20. The summed E-state index contributed by atoms with van der Waals surface area (Å²) in [6, 6.07) is 2.30. The molecular formula is C11H17ClN2O2S. The van der Waals surface area contributed by atoms with E-state index < -0.39 is 0 Å². The van der Waals surface area contributed by atoms with Crippen molar-refractivity contribution in [1.82, 2.24) is 5.32 Å². The van der Waals surface area contributed by atoms with Gasteiger partial charge in [-0.15, -0.1) is 12.4 Å². The average Bonchev–Trinajstić information content (AvgIpc) is 2.80. The number of hydrogen-bond acceptors (Lipinski definition) is 4. The monoisotopic (exact) mass is 276 g/mol. The van der Waals surface area contributed by atoms with Crippen LogP contribution in [0.2, 0.25) is 0 Å². The first-order valence-electron chi connectivity index (χ1n) is 5.66. The van der Waals surface area contributed by atoms with Crippen LogP contribution < -0.4 is 5.32 Å². The van der Waals surface area contributed by atoms with Crippen LogP contribution in [0, 0.1) is 16.0 Å². The Morgan fingerprint density at radius 1 is 1.65 bits per heavy atom. The molecule has 6 heteroatoms. The van der Waals surface area contributed by atoms with Gasteiger partial charge in [-0.3, -0.25) is 10.1 Å². The highest BCUT2D eigenvalue weighted by Gasteiger charge is 2.35. The van der Waals surface area contributed by atoms with Crippen LogP contribution in [-0.2, 0) is 6.54 Å². The SMILES string of the molecule is CCCC1CC1NCc1csc([N+](=O)[O-])c1.Cl. The zero-order chi connectivity index (χ0) is 11.5. The molecule has 1 heterocycles. The molecule has 96 valence electrons. The lowest BCUT2D eigenvalue weighted by atomic mass is 10.2. The van der Waals surface area contributed by atoms with E-state index in [1.165, 1.54) is 30.6 Å². The van der Waals surface area contributed by atoms with E-state index in [9.17, 15) is 10.1 Å². The van der Waals surface area contributed by atoms with E-state index in [-0.39, 0.29) is 22.3 Å². The molecule has 0 bridgehead atoms. The Kier molecular flexibility index (Phi) is 5.36. The van der Waals surface area contributed by atoms with Crippen molar-refractivity contribution in [2.24, 2.45) is 5.92 Å². The second kappa shape index (κ2) is 6.33. The third-order valence-electron chi connectivity index (χ3n) is 2.97. The molecular weight excluding hydrogens is 260 g/mol. The van der Waals surface area contributed by atoms with Crippen LogP contribution >= 0.6 is 23.7 Å². The second-order valence-corrected chi connectivity index (χ2v) is 5.21. The summed E-state index contributed by atoms with van der Waals surface area (Å²) in [7, 11) is 0. The number of halogens is 1. The molecule has 1 aromatic heterocycles. The predicted molar refractivity (Wildman–Crippen MR) is 71.9 cm³/mol. The van der Waals surface area contributed by atoms with E-state index in [4.69, 9.17) is 0 Å². The molecule has 2 rings (SSSR count). The minimum atomic E-state index is -0.328. The first-order chi connectivity index (χ1) is 7.70. The fraction of sp³-hybridized carbons (Fsp3) is 0.636. The minimum Gasteiger partial charge on any atom is -0.310 e. The molecule has 1 N–H and O–H groups in total. The van der Waals surface area contributed by atoms with Gasteiger partial charge in [-0.1, -0.05) is 24.7 Å². The standard InChI is InChI=1S/C11H16N2O2S.ClH/c1-2-3-9-5-10(9)12-6-8-4-11(13(14)15)16-7-8;/h4,7,9-10,12H,2-3,5-6H2,1H3;1H. The van der Waals surface area contributed by atoms with Crippen molar-refractivity contribution in [3.05, 3.63) is 27.1 Å². The Bertz CT molecular complexity index is 383. The smallest absolute Gasteiger partial charge is 0.310 e. The molecule has 2 atom stereocenters. The quantitative estimate of drug-likeness (QED) is 0.640. The van der Waals surface area contributed by atoms with Gasteiger partial charge in [-0.2, -0.15) is 0 Å². The van der Waals surface area contributed by atoms with E-state index in [1.54, 1.807) is 6.07 Å². The van der Waals surface area contributed by atoms with E-state index in [2.05, 4.69) is 12.2 Å². The van der Waals surface area contributed by atoms with E-state index >= 15 is 0 Å². The molecule has 1 fully saturated rings. The van der Waals surface area contributed by atoms with Crippen LogP contribution in [0.3, 0.4) is 0 Å². The number of thiophene rings is 1. The molecule has 2 unspecified atom stereocenters. The maximum atomic E-state index is 10.5. The fourth-order valence-corrected chi connectivity index (χ4v) is 2.72. The lowest BCUT2D eigenvalue weighted by Gasteiger charge is -2.00. The number of hydrogen-bond donors (Lipinski definition) is 1. The first-order valence-corrected chi connectivity index (χ1v) is 6.54. The summed E-state index contributed by atoms with van der Waals surface area (Å²) in [6.07, 6.45) is 3.80. The van der Waals surface area contributed by atoms with Crippen molar-refractivity contribution in [2.75, 3.05) is 0 Å². The molecule has 1 aliphatic carbocycles. The van der Waals surface area contributed by atoms with Crippen LogP contribution in [0.15, 0.2) is 11.4 Å².